The molecule has 0 saturated heterocycles. The smallest absolute Gasteiger partial charge is 0.330 e. The minimum Gasteiger partial charge on any atom is -0.496 e. The van der Waals surface area contributed by atoms with Crippen molar-refractivity contribution in [1.82, 2.24) is 9.55 Å². The Hall–Kier alpha value is -4.07. The maximum Gasteiger partial charge on any atom is 0.330 e. The summed E-state index contributed by atoms with van der Waals surface area (Å²) in [4.78, 5) is 42.5. The number of rotatable bonds is 9. The number of H-pyrrole nitrogens is 1. The van der Waals surface area contributed by atoms with Crippen LogP contribution in [0.3, 0.4) is 0 Å². The lowest BCUT2D eigenvalue weighted by Gasteiger charge is -2.24. The van der Waals surface area contributed by atoms with E-state index < -0.39 is 17.2 Å². The van der Waals surface area contributed by atoms with E-state index in [1.165, 1.54) is 15.5 Å². The van der Waals surface area contributed by atoms with Crippen LogP contribution in [-0.4, -0.2) is 29.1 Å². The Bertz CT molecular complexity index is 1320. The monoisotopic (exact) mass is 476 g/mol. The van der Waals surface area contributed by atoms with Crippen LogP contribution in [-0.2, 0) is 11.3 Å². The first-order chi connectivity index (χ1) is 16.7. The molecule has 35 heavy (non-hydrogen) atoms. The van der Waals surface area contributed by atoms with E-state index >= 15 is 0 Å². The van der Waals surface area contributed by atoms with Crippen molar-refractivity contribution in [3.8, 4) is 5.75 Å². The summed E-state index contributed by atoms with van der Waals surface area (Å²) in [5.74, 6) is 0.432. The summed E-state index contributed by atoms with van der Waals surface area (Å²) in [7, 11) is 1.56. The largest absolute Gasteiger partial charge is 0.496 e. The van der Waals surface area contributed by atoms with Crippen LogP contribution in [0.25, 0.3) is 6.08 Å². The lowest BCUT2D eigenvalue weighted by molar-refractivity contribution is -0.114. The van der Waals surface area contributed by atoms with Gasteiger partial charge >= 0.3 is 5.69 Å². The minimum atomic E-state index is -0.699. The highest BCUT2D eigenvalue weighted by atomic mass is 16.5. The van der Waals surface area contributed by atoms with Crippen LogP contribution in [0, 0.1) is 12.8 Å². The molecule has 0 unspecified atom stereocenters. The molecule has 0 radical (unpaired) electrons. The molecule has 1 aromatic heterocycles. The van der Waals surface area contributed by atoms with Gasteiger partial charge in [-0.25, -0.2) is 4.79 Å². The molecule has 0 fully saturated rings. The Morgan fingerprint density at radius 1 is 1.17 bits per heavy atom. The van der Waals surface area contributed by atoms with Gasteiger partial charge in [0.1, 0.15) is 11.6 Å². The molecule has 3 rings (SSSR count). The lowest BCUT2D eigenvalue weighted by Crippen LogP contribution is -2.41. The number of amides is 1. The Morgan fingerprint density at radius 2 is 1.89 bits per heavy atom. The molecule has 0 aliphatic carbocycles. The molecular formula is C27H32N4O4. The zero-order valence-electron chi connectivity index (χ0n) is 20.6. The second-order valence-electron chi connectivity index (χ2n) is 8.82. The van der Waals surface area contributed by atoms with Gasteiger partial charge in [0.05, 0.1) is 13.7 Å². The average Bonchev–Trinajstić information content (AvgIpc) is 2.82. The third-order valence-corrected chi connectivity index (χ3v) is 5.65. The van der Waals surface area contributed by atoms with Gasteiger partial charge in [-0.05, 0) is 43.0 Å². The van der Waals surface area contributed by atoms with E-state index in [4.69, 9.17) is 10.5 Å². The Morgan fingerprint density at radius 3 is 2.54 bits per heavy atom. The van der Waals surface area contributed by atoms with Crippen molar-refractivity contribution in [3.63, 3.8) is 0 Å². The van der Waals surface area contributed by atoms with Crippen molar-refractivity contribution in [1.29, 1.82) is 0 Å². The number of hydrogen-bond acceptors (Lipinski definition) is 5. The van der Waals surface area contributed by atoms with Crippen LogP contribution in [0.2, 0.25) is 0 Å². The van der Waals surface area contributed by atoms with E-state index in [0.29, 0.717) is 12.2 Å². The van der Waals surface area contributed by atoms with Gasteiger partial charge in [0.2, 0.25) is 0 Å². The number of nitrogens with two attached hydrogens (primary N) is 1. The number of anilines is 2. The van der Waals surface area contributed by atoms with Crippen LogP contribution in [0.1, 0.15) is 37.0 Å². The van der Waals surface area contributed by atoms with Gasteiger partial charge in [-0.15, -0.1) is 0 Å². The zero-order chi connectivity index (χ0) is 25.5. The van der Waals surface area contributed by atoms with Gasteiger partial charge in [0.25, 0.3) is 11.5 Å². The predicted molar refractivity (Wildman–Crippen MR) is 140 cm³/mol. The van der Waals surface area contributed by atoms with Crippen molar-refractivity contribution in [2.75, 3.05) is 24.3 Å². The third-order valence-electron chi connectivity index (χ3n) is 5.65. The third kappa shape index (κ3) is 6.29. The first-order valence-electron chi connectivity index (χ1n) is 11.5. The van der Waals surface area contributed by atoms with Gasteiger partial charge in [0, 0.05) is 18.2 Å². The minimum absolute atomic E-state index is 0.0351. The number of aromatic amines is 1. The van der Waals surface area contributed by atoms with Crippen molar-refractivity contribution in [2.24, 2.45) is 5.92 Å². The Balaban J connectivity index is 2.04. The number of nitrogen functional groups attached to an aromatic ring is 1. The zero-order valence-corrected chi connectivity index (χ0v) is 20.6. The van der Waals surface area contributed by atoms with Gasteiger partial charge in [-0.3, -0.25) is 19.1 Å². The number of carbonyl (C=O) groups excluding carboxylic acids is 1. The van der Waals surface area contributed by atoms with Gasteiger partial charge in [-0.2, -0.15) is 0 Å². The van der Waals surface area contributed by atoms with Crippen molar-refractivity contribution < 1.29 is 9.53 Å². The molecule has 1 amide bonds. The Kier molecular flexibility index (Phi) is 8.30. The summed E-state index contributed by atoms with van der Waals surface area (Å²) in [6.07, 6.45) is 3.69. The highest BCUT2D eigenvalue weighted by Gasteiger charge is 2.23. The molecule has 8 heteroatoms. The van der Waals surface area contributed by atoms with E-state index in [9.17, 15) is 14.4 Å². The molecule has 1 heterocycles. The summed E-state index contributed by atoms with van der Waals surface area (Å²) >= 11 is 0. The fraction of sp³-hybridized carbons (Fsp3) is 0.296. The predicted octanol–water partition coefficient (Wildman–Crippen LogP) is 3.58. The van der Waals surface area contributed by atoms with Gasteiger partial charge in [0.15, 0.2) is 5.69 Å². The van der Waals surface area contributed by atoms with E-state index in [-0.39, 0.29) is 30.5 Å². The quantitative estimate of drug-likeness (QED) is 0.459. The molecule has 184 valence electrons. The number of benzene rings is 2. The highest BCUT2D eigenvalue weighted by molar-refractivity contribution is 6.05. The fourth-order valence-corrected chi connectivity index (χ4v) is 3.72. The van der Waals surface area contributed by atoms with E-state index in [2.05, 4.69) is 4.98 Å². The topological polar surface area (TPSA) is 110 Å². The van der Waals surface area contributed by atoms with Gasteiger partial charge < -0.3 is 15.4 Å². The Labute approximate surface area is 204 Å². The molecule has 3 N–H and O–H groups in total. The normalized spacial score (nSPS) is 11.2. The fourth-order valence-electron chi connectivity index (χ4n) is 3.72. The summed E-state index contributed by atoms with van der Waals surface area (Å²) in [5, 5.41) is 0. The molecule has 0 aliphatic rings. The summed E-state index contributed by atoms with van der Waals surface area (Å²) in [6.45, 7) is 6.43. The lowest BCUT2D eigenvalue weighted by atomic mass is 10.1. The first-order valence-corrected chi connectivity index (χ1v) is 11.5. The first kappa shape index (κ1) is 25.6. The number of methoxy groups -OCH3 is 1. The average molecular weight is 477 g/mol. The van der Waals surface area contributed by atoms with E-state index in [0.717, 1.165) is 16.7 Å². The number of aryl methyl sites for hydroxylation is 1. The number of nitrogens with zero attached hydrogens (tertiary/aromatic N) is 2. The number of hydrogen-bond donors (Lipinski definition) is 2. The molecular weight excluding hydrogens is 444 g/mol. The second-order valence-corrected chi connectivity index (χ2v) is 8.82. The maximum atomic E-state index is 13.4. The number of ether oxygens (including phenoxy) is 1. The van der Waals surface area contributed by atoms with E-state index in [1.807, 2.05) is 69.3 Å². The molecule has 0 bridgehead atoms. The molecule has 2 aromatic carbocycles. The molecule has 8 nitrogen and oxygen atoms in total. The maximum absolute atomic E-state index is 13.4. The number of nitrogens with one attached hydrogen (secondary N) is 1. The standard InChI is InChI=1S/C27H32N4O4/c1-18(2)14-15-30(23(32)13-11-21-16-19(3)10-12-22(21)35-4)24-25(28)31(27(34)29-26(24)33)17-20-8-6-5-7-9-20/h5-13,16,18H,14-15,17,28H2,1-4H3,(H,29,33,34)/b13-11+. The van der Waals surface area contributed by atoms with E-state index in [1.54, 1.807) is 13.2 Å². The van der Waals surface area contributed by atoms with Crippen LogP contribution >= 0.6 is 0 Å². The molecule has 0 saturated carbocycles. The summed E-state index contributed by atoms with van der Waals surface area (Å²) in [6, 6.07) is 14.9. The van der Waals surface area contributed by atoms with Crippen LogP contribution in [0.4, 0.5) is 11.5 Å². The summed E-state index contributed by atoms with van der Waals surface area (Å²) in [5.41, 5.74) is 7.59. The molecule has 0 atom stereocenters. The number of aromatic nitrogens is 2. The van der Waals surface area contributed by atoms with Gasteiger partial charge in [-0.1, -0.05) is 55.8 Å². The van der Waals surface area contributed by atoms with Crippen LogP contribution in [0.5, 0.6) is 5.75 Å². The second kappa shape index (κ2) is 11.4. The van der Waals surface area contributed by atoms with Crippen molar-refractivity contribution in [2.45, 2.75) is 33.7 Å². The van der Waals surface area contributed by atoms with Crippen LogP contribution < -0.4 is 26.6 Å². The van der Waals surface area contributed by atoms with Crippen LogP contribution in [0.15, 0.2) is 64.2 Å². The number of carbonyl (C=O) groups is 1. The summed E-state index contributed by atoms with van der Waals surface area (Å²) < 4.78 is 6.66. The van der Waals surface area contributed by atoms with Crippen molar-refractivity contribution >= 4 is 23.5 Å². The highest BCUT2D eigenvalue weighted by Crippen LogP contribution is 2.23. The van der Waals surface area contributed by atoms with Crippen molar-refractivity contribution in [3.05, 3.63) is 92.1 Å². The molecule has 0 aliphatic heterocycles. The SMILES string of the molecule is COc1ccc(C)cc1/C=C/C(=O)N(CCC(C)C)c1c(N)n(Cc2ccccc2)c(=O)[nH]c1=O. The molecule has 0 spiro atoms. The molecule has 3 aromatic rings.